The molecule has 1 saturated carbocycles. The smallest absolute Gasteiger partial charge is 0.329 e. The number of aliphatic hydroxyl groups excluding tert-OH is 2. The number of amides is 1. The van der Waals surface area contributed by atoms with Crippen LogP contribution >= 0.6 is 0 Å². The average molecular weight is 875 g/mol. The minimum atomic E-state index is -1.85. The first-order valence-corrected chi connectivity index (χ1v) is 22.5. The van der Waals surface area contributed by atoms with E-state index in [1.54, 1.807) is 41.3 Å². The molecule has 1 aliphatic carbocycles. The fraction of sp³-hybridized carbons (Fsp3) is 0.766. The maximum absolute atomic E-state index is 15.0. The number of cyclic esters (lactones) is 1. The summed E-state index contributed by atoms with van der Waals surface area (Å²) < 4.78 is 30.7. The number of piperidine rings is 1. The van der Waals surface area contributed by atoms with Gasteiger partial charge in [0.1, 0.15) is 24.0 Å². The SMILES string of the molecule is C=CC[C@@H]1/C=C(\C)C[C@H](C)C[C@H](OC)[C@H]2O[C@@](CNCC(=O)O)(C(=O)C(=O)N3CCCC[C@H]3C(=O)O[C@H](/C(C)=C/[C@@H]3CC[C@@H](O)[C@H](OC)C3)[C@H](C)[C@@H](O)CC1=O)[C@H](C)C[C@@H]2OC. The number of carboxylic acids is 1. The minimum Gasteiger partial charge on any atom is -0.480 e. The molecule has 15 nitrogen and oxygen atoms in total. The molecule has 3 fully saturated rings. The molecule has 2 bridgehead atoms. The fourth-order valence-electron chi connectivity index (χ4n) is 10.2. The van der Waals surface area contributed by atoms with Gasteiger partial charge in [0.15, 0.2) is 5.60 Å². The van der Waals surface area contributed by atoms with Crippen molar-refractivity contribution in [3.63, 3.8) is 0 Å². The summed E-state index contributed by atoms with van der Waals surface area (Å²) in [5, 5.41) is 34.7. The van der Waals surface area contributed by atoms with Crippen LogP contribution in [0.2, 0.25) is 0 Å². The van der Waals surface area contributed by atoms with E-state index in [9.17, 15) is 39.3 Å². The molecule has 4 aliphatic rings. The zero-order valence-corrected chi connectivity index (χ0v) is 38.2. The summed E-state index contributed by atoms with van der Waals surface area (Å²) in [7, 11) is 4.65. The molecule has 2 saturated heterocycles. The predicted octanol–water partition coefficient (Wildman–Crippen LogP) is 4.36. The maximum Gasteiger partial charge on any atom is 0.329 e. The van der Waals surface area contributed by atoms with Crippen LogP contribution in [0.4, 0.5) is 0 Å². The van der Waals surface area contributed by atoms with Crippen molar-refractivity contribution in [2.45, 2.75) is 160 Å². The standard InChI is InChI=1S/C47H74N2O13/c1-10-13-33-19-27(2)18-28(3)20-39(59-8)43-40(60-9)22-30(5)47(62-43,26-48-25-41(53)54)44(55)45(56)49-17-12-11-14-34(49)46(57)61-42(31(6)36(51)24-37(33)52)29(4)21-32-15-16-35(50)38(23-32)58-7/h10,19,21,28,30-36,38-40,42-43,48,50-51H,1,11-18,20,22-26H2,2-9H3,(H,53,54)/b27-19+,29-21+/t28-,30+,31+,32-,33+,34-,35+,36-,38+,39-,40-,42+,43+,47+/m0/s1. The van der Waals surface area contributed by atoms with Crippen LogP contribution in [0.3, 0.4) is 0 Å². The number of Topliss-reactive ketones (excluding diaryl/α,β-unsaturated/α-hetero) is 2. The van der Waals surface area contributed by atoms with Gasteiger partial charge in [0.2, 0.25) is 0 Å². The number of ketones is 2. The van der Waals surface area contributed by atoms with Gasteiger partial charge in [-0.25, -0.2) is 4.79 Å². The number of allylic oxidation sites excluding steroid dienone is 4. The number of methoxy groups -OCH3 is 3. The van der Waals surface area contributed by atoms with Crippen molar-refractivity contribution in [1.82, 2.24) is 10.2 Å². The number of nitrogens with zero attached hydrogens (tertiary/aromatic N) is 1. The lowest BCUT2D eigenvalue weighted by molar-refractivity contribution is -0.233. The Hall–Kier alpha value is -3.31. The van der Waals surface area contributed by atoms with Crippen LogP contribution < -0.4 is 5.32 Å². The quantitative estimate of drug-likeness (QED) is 0.129. The Kier molecular flexibility index (Phi) is 19.5. The molecule has 0 unspecified atom stereocenters. The van der Waals surface area contributed by atoms with Crippen LogP contribution in [0.15, 0.2) is 36.0 Å². The summed E-state index contributed by atoms with van der Waals surface area (Å²) in [6.07, 6.45) is 4.91. The van der Waals surface area contributed by atoms with Crippen molar-refractivity contribution < 1.29 is 63.0 Å². The first-order chi connectivity index (χ1) is 29.4. The number of hydrogen-bond donors (Lipinski definition) is 4. The van der Waals surface area contributed by atoms with E-state index in [0.29, 0.717) is 56.9 Å². The van der Waals surface area contributed by atoms with E-state index in [1.807, 2.05) is 32.9 Å². The van der Waals surface area contributed by atoms with Gasteiger partial charge < -0.3 is 49.2 Å². The van der Waals surface area contributed by atoms with E-state index in [-0.39, 0.29) is 56.1 Å². The summed E-state index contributed by atoms with van der Waals surface area (Å²) in [6.45, 7) is 12.5. The van der Waals surface area contributed by atoms with Gasteiger partial charge in [0, 0.05) is 52.7 Å². The number of carbonyl (C=O) groups excluding carboxylic acids is 4. The van der Waals surface area contributed by atoms with Gasteiger partial charge in [-0.3, -0.25) is 19.2 Å². The molecule has 0 spiro atoms. The minimum absolute atomic E-state index is 0.00730. The molecule has 350 valence electrons. The maximum atomic E-state index is 15.0. The normalized spacial score (nSPS) is 38.5. The van der Waals surface area contributed by atoms with Crippen LogP contribution in [0.25, 0.3) is 0 Å². The molecule has 15 heteroatoms. The number of fused-ring (bicyclic) bond motifs is 3. The molecule has 4 N–H and O–H groups in total. The van der Waals surface area contributed by atoms with Gasteiger partial charge in [-0.1, -0.05) is 44.6 Å². The Balaban J connectivity index is 1.84. The zero-order chi connectivity index (χ0) is 45.9. The van der Waals surface area contributed by atoms with Gasteiger partial charge in [-0.2, -0.15) is 0 Å². The number of carboxylic acid groups (broad SMARTS) is 1. The second-order valence-corrected chi connectivity index (χ2v) is 18.5. The Morgan fingerprint density at radius 3 is 2.27 bits per heavy atom. The van der Waals surface area contributed by atoms with Crippen molar-refractivity contribution in [2.75, 3.05) is 41.0 Å². The molecule has 3 heterocycles. The average Bonchev–Trinajstić information content (AvgIpc) is 3.24. The largest absolute Gasteiger partial charge is 0.480 e. The van der Waals surface area contributed by atoms with Gasteiger partial charge in [0.05, 0.1) is 37.1 Å². The van der Waals surface area contributed by atoms with Crippen LogP contribution in [-0.4, -0.2) is 145 Å². The lowest BCUT2D eigenvalue weighted by Crippen LogP contribution is -2.67. The summed E-state index contributed by atoms with van der Waals surface area (Å²) in [4.78, 5) is 71.2. The van der Waals surface area contributed by atoms with E-state index in [0.717, 1.165) is 5.57 Å². The number of hydrogen-bond acceptors (Lipinski definition) is 13. The van der Waals surface area contributed by atoms with Crippen LogP contribution in [0.1, 0.15) is 105 Å². The molecular formula is C47H74N2O13. The van der Waals surface area contributed by atoms with Crippen LogP contribution in [0, 0.1) is 29.6 Å². The van der Waals surface area contributed by atoms with E-state index < -0.39 is 96.2 Å². The van der Waals surface area contributed by atoms with E-state index in [1.165, 1.54) is 4.90 Å². The predicted molar refractivity (Wildman–Crippen MR) is 231 cm³/mol. The van der Waals surface area contributed by atoms with Crippen LogP contribution in [-0.2, 0) is 47.7 Å². The summed E-state index contributed by atoms with van der Waals surface area (Å²) >= 11 is 0. The second kappa shape index (κ2) is 23.6. The summed E-state index contributed by atoms with van der Waals surface area (Å²) in [5.41, 5.74) is -0.257. The van der Waals surface area contributed by atoms with Gasteiger partial charge in [0.25, 0.3) is 11.7 Å². The van der Waals surface area contributed by atoms with Crippen molar-refractivity contribution in [3.05, 3.63) is 36.0 Å². The summed E-state index contributed by atoms with van der Waals surface area (Å²) in [5.74, 6) is -5.93. The van der Waals surface area contributed by atoms with E-state index in [2.05, 4.69) is 11.9 Å². The Labute approximate surface area is 368 Å². The van der Waals surface area contributed by atoms with Crippen molar-refractivity contribution in [1.29, 1.82) is 0 Å². The van der Waals surface area contributed by atoms with Crippen molar-refractivity contribution >= 4 is 29.4 Å². The molecule has 14 atom stereocenters. The molecular weight excluding hydrogens is 801 g/mol. The van der Waals surface area contributed by atoms with Gasteiger partial charge in [-0.05, 0) is 101 Å². The third-order valence-electron chi connectivity index (χ3n) is 13.8. The third kappa shape index (κ3) is 12.7. The number of esters is 1. The number of ether oxygens (including phenoxy) is 5. The number of nitrogens with one attached hydrogen (secondary N) is 1. The molecule has 3 aliphatic heterocycles. The van der Waals surface area contributed by atoms with Crippen molar-refractivity contribution in [2.24, 2.45) is 29.6 Å². The van der Waals surface area contributed by atoms with Crippen LogP contribution in [0.5, 0.6) is 0 Å². The van der Waals surface area contributed by atoms with E-state index >= 15 is 0 Å². The highest BCUT2D eigenvalue weighted by Gasteiger charge is 2.57. The monoisotopic (exact) mass is 875 g/mol. The highest BCUT2D eigenvalue weighted by atomic mass is 16.6. The first kappa shape index (κ1) is 51.3. The number of aliphatic carboxylic acids is 1. The molecule has 0 aromatic carbocycles. The highest BCUT2D eigenvalue weighted by Crippen LogP contribution is 2.40. The Morgan fingerprint density at radius 2 is 1.63 bits per heavy atom. The molecule has 62 heavy (non-hydrogen) atoms. The second-order valence-electron chi connectivity index (χ2n) is 18.5. The molecule has 1 amide bonds. The lowest BCUT2D eigenvalue weighted by atomic mass is 9.75. The number of aliphatic hydroxyl groups is 2. The molecule has 4 rings (SSSR count). The lowest BCUT2D eigenvalue weighted by Gasteiger charge is -2.50. The molecule has 0 aromatic heterocycles. The van der Waals surface area contributed by atoms with Gasteiger partial charge >= 0.3 is 11.9 Å². The number of carbonyl (C=O) groups is 5. The molecule has 0 aromatic rings. The van der Waals surface area contributed by atoms with Gasteiger partial charge in [-0.15, -0.1) is 6.58 Å². The topological polar surface area (TPSA) is 207 Å². The first-order valence-electron chi connectivity index (χ1n) is 22.5. The van der Waals surface area contributed by atoms with Crippen molar-refractivity contribution in [3.8, 4) is 0 Å². The number of rotatable bonds is 11. The molecule has 0 radical (unpaired) electrons. The highest BCUT2D eigenvalue weighted by molar-refractivity contribution is 6.39. The Bertz CT molecular complexity index is 1630. The van der Waals surface area contributed by atoms with E-state index in [4.69, 9.17) is 23.7 Å². The third-order valence-corrected chi connectivity index (χ3v) is 13.8. The Morgan fingerprint density at radius 1 is 0.952 bits per heavy atom. The summed E-state index contributed by atoms with van der Waals surface area (Å²) in [6, 6.07) is -1.15. The zero-order valence-electron chi connectivity index (χ0n) is 38.2. The fourth-order valence-corrected chi connectivity index (χ4v) is 10.2.